The number of hydrogen-bond acceptors (Lipinski definition) is 5. The lowest BCUT2D eigenvalue weighted by Gasteiger charge is -2.13. The fourth-order valence-electron chi connectivity index (χ4n) is 1.72. The first-order valence-corrected chi connectivity index (χ1v) is 6.57. The minimum absolute atomic E-state index is 0.230. The van der Waals surface area contributed by atoms with Gasteiger partial charge in [-0.3, -0.25) is 4.79 Å². The molecule has 19 heavy (non-hydrogen) atoms. The predicted octanol–water partition coefficient (Wildman–Crippen LogP) is 2.12. The number of aryl methyl sites for hydroxylation is 1. The Morgan fingerprint density at radius 2 is 2.42 bits per heavy atom. The van der Waals surface area contributed by atoms with Crippen molar-refractivity contribution in [2.45, 2.75) is 13.0 Å². The fourth-order valence-corrected chi connectivity index (χ4v) is 2.60. The van der Waals surface area contributed by atoms with Crippen molar-refractivity contribution < 1.29 is 19.1 Å². The van der Waals surface area contributed by atoms with Crippen molar-refractivity contribution in [2.24, 2.45) is 0 Å². The molecule has 2 rings (SSSR count). The zero-order chi connectivity index (χ0) is 13.8. The van der Waals surface area contributed by atoms with Crippen LogP contribution >= 0.6 is 11.3 Å². The molecule has 6 heteroatoms. The third-order valence-electron chi connectivity index (χ3n) is 2.62. The summed E-state index contributed by atoms with van der Waals surface area (Å²) in [4.78, 5) is 13.6. The van der Waals surface area contributed by atoms with Gasteiger partial charge in [0.2, 0.25) is 0 Å². The molecule has 0 aliphatic heterocycles. The molecule has 5 nitrogen and oxygen atoms in total. The van der Waals surface area contributed by atoms with Gasteiger partial charge in [0.1, 0.15) is 22.4 Å². The number of furan rings is 1. The molecule has 0 radical (unpaired) electrons. The number of aliphatic hydroxyl groups is 1. The van der Waals surface area contributed by atoms with Gasteiger partial charge in [-0.2, -0.15) is 0 Å². The highest BCUT2D eigenvalue weighted by molar-refractivity contribution is 7.14. The number of nitrogens with one attached hydrogen (secondary N) is 1. The van der Waals surface area contributed by atoms with Crippen LogP contribution < -0.4 is 10.1 Å². The molecule has 0 fully saturated rings. The summed E-state index contributed by atoms with van der Waals surface area (Å²) in [5, 5.41) is 12.0. The third-order valence-corrected chi connectivity index (χ3v) is 3.65. The van der Waals surface area contributed by atoms with E-state index in [1.54, 1.807) is 18.2 Å². The van der Waals surface area contributed by atoms with Crippen LogP contribution in [-0.2, 0) is 0 Å². The quantitative estimate of drug-likeness (QED) is 0.880. The van der Waals surface area contributed by atoms with Gasteiger partial charge in [0.25, 0.3) is 5.91 Å². The molecule has 0 saturated heterocycles. The average molecular weight is 281 g/mol. The van der Waals surface area contributed by atoms with Crippen molar-refractivity contribution in [2.75, 3.05) is 13.7 Å². The van der Waals surface area contributed by atoms with Gasteiger partial charge in [-0.1, -0.05) is 0 Å². The predicted molar refractivity (Wildman–Crippen MR) is 71.6 cm³/mol. The molecular weight excluding hydrogens is 266 g/mol. The van der Waals surface area contributed by atoms with Crippen molar-refractivity contribution in [3.05, 3.63) is 40.0 Å². The zero-order valence-corrected chi connectivity index (χ0v) is 11.5. The third kappa shape index (κ3) is 2.97. The summed E-state index contributed by atoms with van der Waals surface area (Å²) in [6.07, 6.45) is 1.50. The second kappa shape index (κ2) is 5.90. The van der Waals surface area contributed by atoms with Crippen LogP contribution in [0.15, 0.2) is 28.9 Å². The number of thiophene rings is 1. The van der Waals surface area contributed by atoms with E-state index in [1.165, 1.54) is 24.7 Å². The van der Waals surface area contributed by atoms with Gasteiger partial charge in [0.05, 0.1) is 20.0 Å². The maximum Gasteiger partial charge on any atom is 0.265 e. The van der Waals surface area contributed by atoms with E-state index >= 15 is 0 Å². The monoisotopic (exact) mass is 281 g/mol. The van der Waals surface area contributed by atoms with E-state index < -0.39 is 6.04 Å². The van der Waals surface area contributed by atoms with E-state index in [2.05, 4.69) is 5.32 Å². The lowest BCUT2D eigenvalue weighted by molar-refractivity contribution is 0.0908. The first-order valence-electron chi connectivity index (χ1n) is 5.75. The highest BCUT2D eigenvalue weighted by Gasteiger charge is 2.21. The summed E-state index contributed by atoms with van der Waals surface area (Å²) in [6.45, 7) is 1.67. The van der Waals surface area contributed by atoms with Gasteiger partial charge in [-0.15, -0.1) is 11.3 Å². The van der Waals surface area contributed by atoms with Crippen LogP contribution in [0.2, 0.25) is 0 Å². The van der Waals surface area contributed by atoms with Crippen LogP contribution in [0.1, 0.15) is 26.4 Å². The van der Waals surface area contributed by atoms with Crippen LogP contribution in [-0.4, -0.2) is 24.7 Å². The molecule has 1 unspecified atom stereocenters. The van der Waals surface area contributed by atoms with E-state index in [0.29, 0.717) is 16.4 Å². The molecule has 0 bridgehead atoms. The normalized spacial score (nSPS) is 12.2. The molecule has 0 spiro atoms. The molecule has 1 amide bonds. The van der Waals surface area contributed by atoms with Crippen LogP contribution in [0.5, 0.6) is 5.75 Å². The number of amides is 1. The molecule has 0 saturated carbocycles. The van der Waals surface area contributed by atoms with Crippen molar-refractivity contribution >= 4 is 17.2 Å². The van der Waals surface area contributed by atoms with Gasteiger partial charge in [0, 0.05) is 4.88 Å². The van der Waals surface area contributed by atoms with Gasteiger partial charge in [-0.25, -0.2) is 0 Å². The van der Waals surface area contributed by atoms with Gasteiger partial charge < -0.3 is 19.6 Å². The van der Waals surface area contributed by atoms with Crippen LogP contribution in [0.3, 0.4) is 0 Å². The standard InChI is InChI=1S/C13H15NO4S/c1-8-6-11(17-2)12(19-8)13(16)14-9(7-15)10-4-3-5-18-10/h3-6,9,15H,7H2,1-2H3,(H,14,16). The maximum absolute atomic E-state index is 12.2. The second-order valence-electron chi connectivity index (χ2n) is 3.98. The van der Waals surface area contributed by atoms with Crippen molar-refractivity contribution in [1.82, 2.24) is 5.32 Å². The van der Waals surface area contributed by atoms with Gasteiger partial charge in [-0.05, 0) is 25.1 Å². The first-order chi connectivity index (χ1) is 9.15. The van der Waals surface area contributed by atoms with E-state index in [9.17, 15) is 9.90 Å². The number of aliphatic hydroxyl groups excluding tert-OH is 1. The number of ether oxygens (including phenoxy) is 1. The topological polar surface area (TPSA) is 71.7 Å². The van der Waals surface area contributed by atoms with Gasteiger partial charge >= 0.3 is 0 Å². The van der Waals surface area contributed by atoms with Crippen molar-refractivity contribution in [1.29, 1.82) is 0 Å². The summed E-state index contributed by atoms with van der Waals surface area (Å²) in [7, 11) is 1.52. The molecule has 0 aliphatic carbocycles. The Bertz CT molecular complexity index is 547. The molecule has 2 N–H and O–H groups in total. The molecule has 102 valence electrons. The van der Waals surface area contributed by atoms with E-state index in [-0.39, 0.29) is 12.5 Å². The first kappa shape index (κ1) is 13.6. The Balaban J connectivity index is 2.15. The summed E-state index contributed by atoms with van der Waals surface area (Å²) < 4.78 is 10.3. The molecule has 0 aromatic carbocycles. The highest BCUT2D eigenvalue weighted by Crippen LogP contribution is 2.29. The molecule has 2 aromatic heterocycles. The minimum Gasteiger partial charge on any atom is -0.495 e. The number of hydrogen-bond donors (Lipinski definition) is 2. The second-order valence-corrected chi connectivity index (χ2v) is 5.23. The largest absolute Gasteiger partial charge is 0.495 e. The smallest absolute Gasteiger partial charge is 0.265 e. The summed E-state index contributed by atoms with van der Waals surface area (Å²) in [5.41, 5.74) is 0. The van der Waals surface area contributed by atoms with Gasteiger partial charge in [0.15, 0.2) is 0 Å². The number of rotatable bonds is 5. The number of carbonyl (C=O) groups excluding carboxylic acids is 1. The van der Waals surface area contributed by atoms with Crippen LogP contribution in [0.4, 0.5) is 0 Å². The summed E-state index contributed by atoms with van der Waals surface area (Å²) >= 11 is 1.35. The van der Waals surface area contributed by atoms with E-state index in [1.807, 2.05) is 6.92 Å². The molecule has 1 atom stereocenters. The lowest BCUT2D eigenvalue weighted by atomic mass is 10.2. The van der Waals surface area contributed by atoms with Crippen molar-refractivity contribution in [3.63, 3.8) is 0 Å². The highest BCUT2D eigenvalue weighted by atomic mass is 32.1. The Morgan fingerprint density at radius 1 is 1.63 bits per heavy atom. The summed E-state index contributed by atoms with van der Waals surface area (Å²) in [6, 6.07) is 4.66. The van der Waals surface area contributed by atoms with Crippen LogP contribution in [0, 0.1) is 6.92 Å². The maximum atomic E-state index is 12.2. The Labute approximate surface area is 114 Å². The van der Waals surface area contributed by atoms with Crippen LogP contribution in [0.25, 0.3) is 0 Å². The number of carbonyl (C=O) groups is 1. The van der Waals surface area contributed by atoms with E-state index in [0.717, 1.165) is 4.88 Å². The Kier molecular flexibility index (Phi) is 4.24. The molecule has 2 heterocycles. The molecule has 0 aliphatic rings. The zero-order valence-electron chi connectivity index (χ0n) is 10.7. The SMILES string of the molecule is COc1cc(C)sc1C(=O)NC(CO)c1ccco1. The fraction of sp³-hybridized carbons (Fsp3) is 0.308. The lowest BCUT2D eigenvalue weighted by Crippen LogP contribution is -2.30. The Morgan fingerprint density at radius 3 is 3.00 bits per heavy atom. The summed E-state index contributed by atoms with van der Waals surface area (Å²) in [5.74, 6) is 0.768. The molecule has 2 aromatic rings. The van der Waals surface area contributed by atoms with E-state index in [4.69, 9.17) is 9.15 Å². The number of methoxy groups -OCH3 is 1. The van der Waals surface area contributed by atoms with Crippen molar-refractivity contribution in [3.8, 4) is 5.75 Å². The average Bonchev–Trinajstić information content (AvgIpc) is 3.04. The molecular formula is C13H15NO4S. The Hall–Kier alpha value is -1.79. The minimum atomic E-state index is -0.561.